The lowest BCUT2D eigenvalue weighted by molar-refractivity contribution is -0.134. The van der Waals surface area contributed by atoms with Crippen molar-refractivity contribution in [3.8, 4) is 0 Å². The van der Waals surface area contributed by atoms with Crippen molar-refractivity contribution in [1.29, 1.82) is 0 Å². The molecular formula is C30H33ClN4O5. The maximum atomic E-state index is 13.0. The summed E-state index contributed by atoms with van der Waals surface area (Å²) >= 11 is 6.23. The minimum Gasteiger partial charge on any atom is -0.449 e. The van der Waals surface area contributed by atoms with Crippen LogP contribution in [0, 0.1) is 6.92 Å². The van der Waals surface area contributed by atoms with Crippen molar-refractivity contribution in [3.63, 3.8) is 0 Å². The molecule has 2 aromatic carbocycles. The molecule has 210 valence electrons. The fourth-order valence-corrected chi connectivity index (χ4v) is 5.83. The zero-order chi connectivity index (χ0) is 28.4. The number of aryl methyl sites for hydroxylation is 1. The third kappa shape index (κ3) is 5.84. The summed E-state index contributed by atoms with van der Waals surface area (Å²) in [4.78, 5) is 56.6. The zero-order valence-electron chi connectivity index (χ0n) is 22.7. The summed E-state index contributed by atoms with van der Waals surface area (Å²) < 4.78 is 5.62. The van der Waals surface area contributed by atoms with Gasteiger partial charge in [-0.25, -0.2) is 0 Å². The van der Waals surface area contributed by atoms with E-state index in [9.17, 15) is 19.2 Å². The van der Waals surface area contributed by atoms with E-state index >= 15 is 0 Å². The highest BCUT2D eigenvalue weighted by Crippen LogP contribution is 2.28. The minimum atomic E-state index is -0.656. The highest BCUT2D eigenvalue weighted by Gasteiger charge is 2.29. The van der Waals surface area contributed by atoms with Crippen LogP contribution < -0.4 is 15.6 Å². The Morgan fingerprint density at radius 1 is 1.07 bits per heavy atom. The number of amides is 3. The predicted molar refractivity (Wildman–Crippen MR) is 154 cm³/mol. The molecule has 3 heterocycles. The second kappa shape index (κ2) is 11.7. The summed E-state index contributed by atoms with van der Waals surface area (Å²) in [5.41, 5.74) is 2.75. The molecule has 1 aromatic heterocycles. The van der Waals surface area contributed by atoms with Gasteiger partial charge in [-0.3, -0.25) is 19.2 Å². The third-order valence-electron chi connectivity index (χ3n) is 7.62. The molecule has 0 radical (unpaired) electrons. The molecule has 1 atom stereocenters. The van der Waals surface area contributed by atoms with Crippen LogP contribution in [0.1, 0.15) is 47.9 Å². The van der Waals surface area contributed by atoms with Gasteiger partial charge in [0.05, 0.1) is 17.0 Å². The van der Waals surface area contributed by atoms with Gasteiger partial charge in [-0.05, 0) is 56.0 Å². The fraction of sp³-hybridized carbons (Fsp3) is 0.400. The SMILES string of the molecule is Cc1cc(Cl)c2oc(C(=O)NCC(=O)N3CCN(c4ccccc4CN4CCCCC4=O)C(C)C3)cc(=O)c2c1. The number of anilines is 1. The maximum absolute atomic E-state index is 13.0. The maximum Gasteiger partial charge on any atom is 0.287 e. The monoisotopic (exact) mass is 564 g/mol. The van der Waals surface area contributed by atoms with Crippen molar-refractivity contribution in [2.24, 2.45) is 0 Å². The van der Waals surface area contributed by atoms with E-state index in [1.165, 1.54) is 0 Å². The Balaban J connectivity index is 1.20. The Hall–Kier alpha value is -3.85. The number of benzene rings is 2. The second-order valence-corrected chi connectivity index (χ2v) is 11.0. The number of likely N-dealkylation sites (tertiary alicyclic amines) is 1. The van der Waals surface area contributed by atoms with Crippen molar-refractivity contribution in [2.45, 2.75) is 45.7 Å². The highest BCUT2D eigenvalue weighted by molar-refractivity contribution is 6.34. The van der Waals surface area contributed by atoms with Crippen molar-refractivity contribution in [3.05, 3.63) is 74.6 Å². The van der Waals surface area contributed by atoms with E-state index in [1.807, 2.05) is 24.0 Å². The van der Waals surface area contributed by atoms with Gasteiger partial charge in [0.25, 0.3) is 5.91 Å². The standard InChI is InChI=1S/C30H33ClN4O5/c1-19-13-22-25(36)15-26(40-29(22)23(31)14-19)30(39)32-16-28(38)34-11-12-35(20(2)17-34)24-8-4-3-7-21(24)18-33-10-6-5-9-27(33)37/h3-4,7-8,13-15,20H,5-6,9-12,16-18H2,1-2H3,(H,32,39). The molecular weight excluding hydrogens is 532 g/mol. The third-order valence-corrected chi connectivity index (χ3v) is 7.90. The van der Waals surface area contributed by atoms with Gasteiger partial charge in [0, 0.05) is 56.9 Å². The van der Waals surface area contributed by atoms with Crippen molar-refractivity contribution >= 4 is 46.0 Å². The van der Waals surface area contributed by atoms with E-state index in [-0.39, 0.29) is 46.2 Å². The summed E-state index contributed by atoms with van der Waals surface area (Å²) in [6.45, 7) is 6.65. The molecule has 3 aromatic rings. The van der Waals surface area contributed by atoms with Crippen LogP contribution in [0.2, 0.25) is 5.02 Å². The summed E-state index contributed by atoms with van der Waals surface area (Å²) in [5.74, 6) is -0.869. The number of fused-ring (bicyclic) bond motifs is 1. The number of hydrogen-bond donors (Lipinski definition) is 1. The van der Waals surface area contributed by atoms with Gasteiger partial charge in [0.15, 0.2) is 16.8 Å². The number of piperazine rings is 1. The van der Waals surface area contributed by atoms with E-state index in [1.54, 1.807) is 17.0 Å². The molecule has 0 spiro atoms. The molecule has 5 rings (SSSR count). The highest BCUT2D eigenvalue weighted by atomic mass is 35.5. The first kappa shape index (κ1) is 27.7. The van der Waals surface area contributed by atoms with E-state index in [4.69, 9.17) is 16.0 Å². The number of hydrogen-bond acceptors (Lipinski definition) is 6. The molecule has 0 saturated carbocycles. The summed E-state index contributed by atoms with van der Waals surface area (Å²) in [7, 11) is 0. The fourth-order valence-electron chi connectivity index (χ4n) is 5.52. The molecule has 1 N–H and O–H groups in total. The summed E-state index contributed by atoms with van der Waals surface area (Å²) in [6, 6.07) is 12.6. The normalized spacial score (nSPS) is 17.8. The van der Waals surface area contributed by atoms with Gasteiger partial charge in [0.1, 0.15) is 0 Å². The topological polar surface area (TPSA) is 103 Å². The average molecular weight is 565 g/mol. The van der Waals surface area contributed by atoms with Crippen molar-refractivity contribution < 1.29 is 18.8 Å². The van der Waals surface area contributed by atoms with Crippen LogP contribution in [0.25, 0.3) is 11.0 Å². The van der Waals surface area contributed by atoms with Gasteiger partial charge >= 0.3 is 0 Å². The molecule has 1 unspecified atom stereocenters. The number of piperidine rings is 1. The molecule has 2 aliphatic heterocycles. The van der Waals surface area contributed by atoms with Crippen LogP contribution in [0.3, 0.4) is 0 Å². The first-order valence-electron chi connectivity index (χ1n) is 13.6. The van der Waals surface area contributed by atoms with Crippen LogP contribution in [-0.4, -0.2) is 66.3 Å². The minimum absolute atomic E-state index is 0.0377. The first-order chi connectivity index (χ1) is 19.2. The number of nitrogens with one attached hydrogen (secondary N) is 1. The second-order valence-electron chi connectivity index (χ2n) is 10.6. The molecule has 2 aliphatic rings. The molecule has 40 heavy (non-hydrogen) atoms. The quantitative estimate of drug-likeness (QED) is 0.489. The Morgan fingerprint density at radius 2 is 1.88 bits per heavy atom. The van der Waals surface area contributed by atoms with Gasteiger partial charge < -0.3 is 24.4 Å². The van der Waals surface area contributed by atoms with Crippen molar-refractivity contribution in [2.75, 3.05) is 37.6 Å². The van der Waals surface area contributed by atoms with Crippen LogP contribution in [0.15, 0.2) is 51.7 Å². The van der Waals surface area contributed by atoms with E-state index < -0.39 is 5.91 Å². The molecule has 3 amide bonds. The van der Waals surface area contributed by atoms with E-state index in [0.717, 1.165) is 42.3 Å². The molecule has 10 heteroatoms. The molecule has 9 nitrogen and oxygen atoms in total. The lowest BCUT2D eigenvalue weighted by atomic mass is 10.1. The number of rotatable bonds is 6. The van der Waals surface area contributed by atoms with Gasteiger partial charge in [0.2, 0.25) is 11.8 Å². The Labute approximate surface area is 237 Å². The lowest BCUT2D eigenvalue weighted by Crippen LogP contribution is -2.55. The molecule has 2 saturated heterocycles. The van der Waals surface area contributed by atoms with Crippen LogP contribution in [-0.2, 0) is 16.1 Å². The van der Waals surface area contributed by atoms with Crippen LogP contribution in [0.4, 0.5) is 5.69 Å². The lowest BCUT2D eigenvalue weighted by Gasteiger charge is -2.42. The number of nitrogens with zero attached hydrogens (tertiary/aromatic N) is 3. The van der Waals surface area contributed by atoms with E-state index in [0.29, 0.717) is 38.0 Å². The number of carbonyl (C=O) groups excluding carboxylic acids is 3. The Kier molecular flexibility index (Phi) is 8.12. The smallest absolute Gasteiger partial charge is 0.287 e. The Morgan fingerprint density at radius 3 is 2.65 bits per heavy atom. The van der Waals surface area contributed by atoms with Crippen molar-refractivity contribution in [1.82, 2.24) is 15.1 Å². The van der Waals surface area contributed by atoms with Crippen LogP contribution in [0.5, 0.6) is 0 Å². The van der Waals surface area contributed by atoms with E-state index in [2.05, 4.69) is 29.3 Å². The first-order valence-corrected chi connectivity index (χ1v) is 14.0. The number of carbonyl (C=O) groups is 3. The largest absolute Gasteiger partial charge is 0.449 e. The Bertz CT molecular complexity index is 1520. The molecule has 0 aliphatic carbocycles. The summed E-state index contributed by atoms with van der Waals surface area (Å²) in [6.07, 6.45) is 2.59. The average Bonchev–Trinajstić information content (AvgIpc) is 2.93. The van der Waals surface area contributed by atoms with Crippen LogP contribution >= 0.6 is 11.6 Å². The summed E-state index contributed by atoms with van der Waals surface area (Å²) in [5, 5.41) is 3.12. The number of para-hydroxylation sites is 1. The number of halogens is 1. The van der Waals surface area contributed by atoms with Gasteiger partial charge in [-0.1, -0.05) is 29.8 Å². The molecule has 2 fully saturated rings. The zero-order valence-corrected chi connectivity index (χ0v) is 23.5. The van der Waals surface area contributed by atoms with Gasteiger partial charge in [-0.2, -0.15) is 0 Å². The predicted octanol–water partition coefficient (Wildman–Crippen LogP) is 3.73. The molecule has 0 bridgehead atoms. The van der Waals surface area contributed by atoms with Gasteiger partial charge in [-0.15, -0.1) is 0 Å².